The summed E-state index contributed by atoms with van der Waals surface area (Å²) in [7, 11) is -9.85. The molecule has 0 atom stereocenters. The van der Waals surface area contributed by atoms with Crippen LogP contribution in [0, 0.1) is 0 Å². The number of hydrogen-bond acceptors (Lipinski definition) is 16. The van der Waals surface area contributed by atoms with E-state index < -0.39 is 41.5 Å². The Labute approximate surface area is 341 Å². The van der Waals surface area contributed by atoms with Crippen LogP contribution < -0.4 is 81.7 Å². The van der Waals surface area contributed by atoms with Crippen molar-refractivity contribution in [3.05, 3.63) is 107 Å². The number of allylic oxidation sites excluding steroid dienone is 1. The van der Waals surface area contributed by atoms with Gasteiger partial charge in [-0.15, -0.1) is 10.2 Å². The molecule has 0 aliphatic heterocycles. The summed E-state index contributed by atoms with van der Waals surface area (Å²) in [5.41, 5.74) is 22.3. The van der Waals surface area contributed by atoms with Gasteiger partial charge in [0.15, 0.2) is 0 Å². The van der Waals surface area contributed by atoms with Crippen LogP contribution in [0.15, 0.2) is 126 Å². The van der Waals surface area contributed by atoms with Crippen molar-refractivity contribution >= 4 is 94.1 Å². The molecule has 16 nitrogen and oxygen atoms in total. The Balaban J connectivity index is 0.00000302. The SMILES string of the molecule is Nc1ccc(N=Nc2ccc3c(c2)C(=O)C(=NNc2ccc(N=Nc4ccc(N)c5ccc(S(=O)(=O)[O-])cc45)cc2)C(S(=O)(=O)[O-])=C3)c(N)c1.[Na+].[Na+]. The molecule has 0 radical (unpaired) electrons. The number of rotatable bonds is 8. The van der Waals surface area contributed by atoms with Gasteiger partial charge in [-0.1, -0.05) is 12.1 Å². The van der Waals surface area contributed by atoms with Crippen LogP contribution in [0.1, 0.15) is 15.9 Å². The molecule has 0 unspecified atom stereocenters. The molecule has 5 aromatic carbocycles. The first kappa shape index (κ1) is 40.4. The van der Waals surface area contributed by atoms with E-state index in [1.807, 2.05) is 0 Å². The van der Waals surface area contributed by atoms with E-state index in [1.165, 1.54) is 66.7 Å². The van der Waals surface area contributed by atoms with Crippen LogP contribution in [0.4, 0.5) is 45.5 Å². The molecule has 5 aromatic rings. The number of nitrogens with zero attached hydrogens (tertiary/aromatic N) is 5. The van der Waals surface area contributed by atoms with Crippen molar-refractivity contribution in [2.45, 2.75) is 4.90 Å². The third kappa shape index (κ3) is 8.99. The van der Waals surface area contributed by atoms with Crippen molar-refractivity contribution in [3.63, 3.8) is 0 Å². The van der Waals surface area contributed by atoms with Crippen molar-refractivity contribution in [3.8, 4) is 0 Å². The molecule has 0 heterocycles. The van der Waals surface area contributed by atoms with Crippen LogP contribution >= 0.6 is 0 Å². The molecule has 52 heavy (non-hydrogen) atoms. The summed E-state index contributed by atoms with van der Waals surface area (Å²) in [6.45, 7) is 0. The molecule has 0 bridgehead atoms. The number of Topliss-reactive ketones (excluding diaryl/α,β-unsaturated/α-hetero) is 1. The number of anilines is 4. The van der Waals surface area contributed by atoms with Gasteiger partial charge in [-0.3, -0.25) is 10.2 Å². The molecular weight excluding hydrogens is 733 g/mol. The minimum Gasteiger partial charge on any atom is -0.744 e. The van der Waals surface area contributed by atoms with E-state index >= 15 is 0 Å². The van der Waals surface area contributed by atoms with Gasteiger partial charge in [-0.05, 0) is 90.5 Å². The van der Waals surface area contributed by atoms with Gasteiger partial charge in [0.25, 0.3) is 0 Å². The Morgan fingerprint density at radius 3 is 1.94 bits per heavy atom. The first-order chi connectivity index (χ1) is 23.7. The number of nitrogens with one attached hydrogen (secondary N) is 1. The number of carbonyl (C=O) groups is 1. The second-order valence-corrected chi connectivity index (χ2v) is 13.5. The van der Waals surface area contributed by atoms with Gasteiger partial charge in [0.2, 0.25) is 5.78 Å². The fraction of sp³-hybridized carbons (Fsp3) is 0. The molecule has 252 valence electrons. The maximum Gasteiger partial charge on any atom is 1.00 e. The number of hydrazone groups is 1. The fourth-order valence-electron chi connectivity index (χ4n) is 4.86. The van der Waals surface area contributed by atoms with E-state index in [-0.39, 0.29) is 87.3 Å². The Morgan fingerprint density at radius 1 is 0.615 bits per heavy atom. The van der Waals surface area contributed by atoms with Crippen molar-refractivity contribution in [2.24, 2.45) is 25.6 Å². The Morgan fingerprint density at radius 2 is 1.27 bits per heavy atom. The standard InChI is InChI=1S/C32H25N9O7S2.2Na/c33-18-2-11-29(27(35)14-18)40-38-21-3-1-17-13-30(50(46,47)48)31(32(42)24(17)15-21)41-37-20-6-4-19(5-7-20)36-39-28-12-10-26(34)23-9-8-22(16-25(23)28)49(43,44)45;;/h1-16,37H,33-35H2,(H,43,44,45)(H,46,47,48);;/q;2*+1/p-2. The first-order valence-electron chi connectivity index (χ1n) is 14.2. The average molecular weight is 756 g/mol. The summed E-state index contributed by atoms with van der Waals surface area (Å²) in [4.78, 5) is 12.2. The topological polar surface area (TPSA) is 283 Å². The molecule has 1 aliphatic carbocycles. The number of fused-ring (bicyclic) bond motifs is 2. The van der Waals surface area contributed by atoms with Crippen molar-refractivity contribution in [2.75, 3.05) is 22.6 Å². The van der Waals surface area contributed by atoms with Crippen LogP contribution in [0.5, 0.6) is 0 Å². The summed E-state index contributed by atoms with van der Waals surface area (Å²) < 4.78 is 71.0. The molecule has 0 spiro atoms. The molecule has 0 aromatic heterocycles. The van der Waals surface area contributed by atoms with E-state index in [2.05, 4.69) is 31.0 Å². The smallest absolute Gasteiger partial charge is 0.744 e. The number of ketones is 1. The third-order valence-corrected chi connectivity index (χ3v) is 9.02. The van der Waals surface area contributed by atoms with E-state index in [0.29, 0.717) is 39.2 Å². The van der Waals surface area contributed by atoms with E-state index in [4.69, 9.17) is 17.2 Å². The van der Waals surface area contributed by atoms with Gasteiger partial charge in [0.1, 0.15) is 31.6 Å². The summed E-state index contributed by atoms with van der Waals surface area (Å²) in [6, 6.07) is 21.8. The quantitative estimate of drug-likeness (QED) is 0.0532. The molecule has 0 saturated carbocycles. The number of azo groups is 2. The molecule has 20 heteroatoms. The molecule has 0 saturated heterocycles. The fourth-order valence-corrected chi connectivity index (χ4v) is 6.01. The summed E-state index contributed by atoms with van der Waals surface area (Å²) in [6.07, 6.45) is 1.05. The average Bonchev–Trinajstić information content (AvgIpc) is 3.07. The Bertz CT molecular complexity index is 2580. The molecule has 0 fully saturated rings. The second-order valence-electron chi connectivity index (χ2n) is 10.7. The van der Waals surface area contributed by atoms with Crippen molar-refractivity contribution in [1.82, 2.24) is 0 Å². The third-order valence-electron chi connectivity index (χ3n) is 7.34. The van der Waals surface area contributed by atoms with Gasteiger partial charge >= 0.3 is 59.1 Å². The van der Waals surface area contributed by atoms with Crippen LogP contribution in [0.2, 0.25) is 0 Å². The maximum atomic E-state index is 13.5. The van der Waals surface area contributed by atoms with Crippen molar-refractivity contribution in [1.29, 1.82) is 0 Å². The van der Waals surface area contributed by atoms with Crippen LogP contribution in [0.25, 0.3) is 16.8 Å². The number of nitrogen functional groups attached to an aromatic ring is 3. The zero-order valence-corrected chi connectivity index (χ0v) is 33.0. The molecule has 6 rings (SSSR count). The molecule has 7 N–H and O–H groups in total. The Kier molecular flexibility index (Phi) is 12.5. The zero-order chi connectivity index (χ0) is 35.8. The van der Waals surface area contributed by atoms with Gasteiger partial charge in [0.05, 0.1) is 38.2 Å². The number of carbonyl (C=O) groups excluding carboxylic acids is 1. The summed E-state index contributed by atoms with van der Waals surface area (Å²) in [5.74, 6) is -0.845. The monoisotopic (exact) mass is 755 g/mol. The number of hydrogen-bond donors (Lipinski definition) is 4. The van der Waals surface area contributed by atoms with Crippen LogP contribution in [-0.4, -0.2) is 37.4 Å². The molecule has 0 amide bonds. The van der Waals surface area contributed by atoms with Gasteiger partial charge in [-0.2, -0.15) is 15.3 Å². The van der Waals surface area contributed by atoms with E-state index in [9.17, 15) is 30.7 Å². The second kappa shape index (κ2) is 16.1. The van der Waals surface area contributed by atoms with Gasteiger partial charge in [-0.25, -0.2) is 16.8 Å². The van der Waals surface area contributed by atoms with Crippen molar-refractivity contribution < 1.29 is 89.9 Å². The van der Waals surface area contributed by atoms with Crippen LogP contribution in [0.3, 0.4) is 0 Å². The minimum absolute atomic E-state index is 0. The van der Waals surface area contributed by atoms with E-state index in [1.54, 1.807) is 18.2 Å². The zero-order valence-electron chi connectivity index (χ0n) is 27.4. The van der Waals surface area contributed by atoms with Crippen LogP contribution in [-0.2, 0) is 20.2 Å². The minimum atomic E-state index is -5.12. The first-order valence-corrected chi connectivity index (χ1v) is 17.1. The molecular formula is C32H23N9Na2O7S2. The number of nitrogens with two attached hydrogens (primary N) is 3. The molecule has 1 aliphatic rings. The van der Waals surface area contributed by atoms with E-state index in [0.717, 1.165) is 12.1 Å². The largest absolute Gasteiger partial charge is 1.00 e. The summed E-state index contributed by atoms with van der Waals surface area (Å²) in [5, 5.41) is 21.3. The Hall–Kier alpha value is -4.34. The summed E-state index contributed by atoms with van der Waals surface area (Å²) >= 11 is 0. The van der Waals surface area contributed by atoms with Gasteiger partial charge < -0.3 is 26.3 Å². The normalized spacial score (nSPS) is 13.8. The predicted octanol–water partition coefficient (Wildman–Crippen LogP) is -0.120. The maximum absolute atomic E-state index is 13.5. The number of benzene rings is 5. The van der Waals surface area contributed by atoms with Gasteiger partial charge in [0, 0.05) is 27.7 Å². The predicted molar refractivity (Wildman–Crippen MR) is 186 cm³/mol.